The van der Waals surface area contributed by atoms with Gasteiger partial charge in [0, 0.05) is 0 Å². The van der Waals surface area contributed by atoms with E-state index in [1.807, 2.05) is 16.4 Å². The molecular formula is C9H15N5S. The average Bonchev–Trinajstić information content (AvgIpc) is 2.91. The smallest absolute Gasteiger partial charge is 0.161 e. The van der Waals surface area contributed by atoms with Crippen molar-refractivity contribution in [1.29, 1.82) is 0 Å². The monoisotopic (exact) mass is 225 g/mol. The van der Waals surface area contributed by atoms with E-state index >= 15 is 0 Å². The molecule has 1 saturated carbocycles. The second-order valence-corrected chi connectivity index (χ2v) is 5.34. The molecule has 0 amide bonds. The van der Waals surface area contributed by atoms with Crippen molar-refractivity contribution in [2.75, 3.05) is 18.8 Å². The van der Waals surface area contributed by atoms with Crippen LogP contribution in [0.4, 0.5) is 0 Å². The molecule has 15 heavy (non-hydrogen) atoms. The number of rotatable bonds is 5. The fraction of sp³-hybridized carbons (Fsp3) is 0.889. The molecule has 1 aromatic heterocycles. The fourth-order valence-corrected chi connectivity index (χ4v) is 2.75. The van der Waals surface area contributed by atoms with Gasteiger partial charge in [0.1, 0.15) is 0 Å². The zero-order chi connectivity index (χ0) is 10.1. The van der Waals surface area contributed by atoms with Gasteiger partial charge in [0.25, 0.3) is 0 Å². The number of hydrogen-bond acceptors (Lipinski definition) is 5. The Hall–Kier alpha value is -0.620. The second-order valence-electron chi connectivity index (χ2n) is 4.31. The highest BCUT2D eigenvalue weighted by Crippen LogP contribution is 2.35. The van der Waals surface area contributed by atoms with Gasteiger partial charge in [0.15, 0.2) is 5.82 Å². The maximum atomic E-state index is 4.08. The predicted octanol–water partition coefficient (Wildman–Crippen LogP) is 0.461. The molecule has 82 valence electrons. The van der Waals surface area contributed by atoms with Gasteiger partial charge < -0.3 is 5.32 Å². The molecule has 0 radical (unpaired) electrons. The summed E-state index contributed by atoms with van der Waals surface area (Å²) in [6.07, 6.45) is 2.49. The summed E-state index contributed by atoms with van der Waals surface area (Å²) < 4.78 is 2.01. The van der Waals surface area contributed by atoms with Gasteiger partial charge in [-0.3, -0.25) is 0 Å². The zero-order valence-corrected chi connectivity index (χ0v) is 9.41. The predicted molar refractivity (Wildman–Crippen MR) is 58.6 cm³/mol. The molecule has 2 aliphatic rings. The van der Waals surface area contributed by atoms with Crippen LogP contribution in [0.15, 0.2) is 0 Å². The Labute approximate surface area is 93.0 Å². The Morgan fingerprint density at radius 3 is 2.93 bits per heavy atom. The highest BCUT2D eigenvalue weighted by Gasteiger charge is 2.27. The Morgan fingerprint density at radius 2 is 2.27 bits per heavy atom. The Bertz CT molecular complexity index is 331. The third kappa shape index (κ3) is 2.15. The van der Waals surface area contributed by atoms with Crippen molar-refractivity contribution in [2.45, 2.75) is 24.6 Å². The molecule has 2 heterocycles. The molecule has 0 aromatic carbocycles. The summed E-state index contributed by atoms with van der Waals surface area (Å²) >= 11 is 1.95. The largest absolute Gasteiger partial charge is 0.316 e. The molecule has 0 bridgehead atoms. The van der Waals surface area contributed by atoms with Crippen LogP contribution in [0.2, 0.25) is 0 Å². The summed E-state index contributed by atoms with van der Waals surface area (Å²) in [7, 11) is 0. The minimum Gasteiger partial charge on any atom is -0.316 e. The number of nitrogens with one attached hydrogen (secondary N) is 1. The van der Waals surface area contributed by atoms with Crippen molar-refractivity contribution >= 4 is 11.8 Å². The highest BCUT2D eigenvalue weighted by molar-refractivity contribution is 7.98. The van der Waals surface area contributed by atoms with Gasteiger partial charge >= 0.3 is 0 Å². The van der Waals surface area contributed by atoms with E-state index in [-0.39, 0.29) is 0 Å². The molecule has 5 nitrogen and oxygen atoms in total. The van der Waals surface area contributed by atoms with E-state index in [2.05, 4.69) is 20.8 Å². The molecule has 1 aliphatic heterocycles. The quantitative estimate of drug-likeness (QED) is 0.789. The van der Waals surface area contributed by atoms with Crippen LogP contribution in [-0.2, 0) is 5.75 Å². The second kappa shape index (κ2) is 4.09. The first kappa shape index (κ1) is 9.59. The summed E-state index contributed by atoms with van der Waals surface area (Å²) in [6.45, 7) is 2.36. The summed E-state index contributed by atoms with van der Waals surface area (Å²) in [5.41, 5.74) is 0. The van der Waals surface area contributed by atoms with E-state index in [4.69, 9.17) is 0 Å². The highest BCUT2D eigenvalue weighted by atomic mass is 32.2. The lowest BCUT2D eigenvalue weighted by atomic mass is 10.1. The summed E-state index contributed by atoms with van der Waals surface area (Å²) in [4.78, 5) is 0. The maximum absolute atomic E-state index is 4.08. The first-order chi connectivity index (χ1) is 7.43. The molecule has 1 saturated heterocycles. The molecule has 0 unspecified atom stereocenters. The first-order valence-corrected chi connectivity index (χ1v) is 6.64. The zero-order valence-electron chi connectivity index (χ0n) is 8.59. The van der Waals surface area contributed by atoms with Gasteiger partial charge in [-0.1, -0.05) is 0 Å². The minimum absolute atomic E-state index is 0.598. The lowest BCUT2D eigenvalue weighted by Crippen LogP contribution is -2.43. The Morgan fingerprint density at radius 1 is 1.40 bits per heavy atom. The molecule has 1 aliphatic carbocycles. The van der Waals surface area contributed by atoms with E-state index < -0.39 is 0 Å². The molecule has 2 fully saturated rings. The molecule has 1 N–H and O–H groups in total. The van der Waals surface area contributed by atoms with Gasteiger partial charge in [-0.25, -0.2) is 4.68 Å². The van der Waals surface area contributed by atoms with Gasteiger partial charge in [0.05, 0.1) is 11.8 Å². The Kier molecular flexibility index (Phi) is 2.62. The summed E-state index contributed by atoms with van der Waals surface area (Å²) in [5, 5.41) is 15.2. The maximum Gasteiger partial charge on any atom is 0.161 e. The van der Waals surface area contributed by atoms with Crippen LogP contribution in [0.25, 0.3) is 0 Å². The van der Waals surface area contributed by atoms with Gasteiger partial charge in [-0.2, -0.15) is 11.8 Å². The molecular weight excluding hydrogens is 210 g/mol. The molecule has 1 aromatic rings. The summed E-state index contributed by atoms with van der Waals surface area (Å²) in [5.74, 6) is 4.10. The molecule has 6 heteroatoms. The van der Waals surface area contributed by atoms with Gasteiger partial charge in [0.2, 0.25) is 0 Å². The van der Waals surface area contributed by atoms with Gasteiger partial charge in [-0.15, -0.1) is 5.10 Å². The van der Waals surface area contributed by atoms with E-state index in [1.54, 1.807) is 0 Å². The van der Waals surface area contributed by atoms with Crippen molar-refractivity contribution in [1.82, 2.24) is 25.5 Å². The van der Waals surface area contributed by atoms with Crippen LogP contribution in [0.5, 0.6) is 0 Å². The number of thioether (sulfide) groups is 1. The van der Waals surface area contributed by atoms with E-state index in [9.17, 15) is 0 Å². The molecule has 0 atom stereocenters. The minimum atomic E-state index is 0.598. The lowest BCUT2D eigenvalue weighted by molar-refractivity contribution is 0.385. The van der Waals surface area contributed by atoms with Crippen LogP contribution in [-0.4, -0.2) is 39.0 Å². The third-order valence-corrected chi connectivity index (χ3v) is 4.07. The van der Waals surface area contributed by atoms with Crippen LogP contribution in [0, 0.1) is 5.92 Å². The van der Waals surface area contributed by atoms with Crippen LogP contribution >= 0.6 is 11.8 Å². The normalized spacial score (nSPS) is 21.6. The van der Waals surface area contributed by atoms with Crippen molar-refractivity contribution in [3.63, 3.8) is 0 Å². The van der Waals surface area contributed by atoms with Crippen LogP contribution < -0.4 is 5.32 Å². The van der Waals surface area contributed by atoms with Crippen molar-refractivity contribution in [2.24, 2.45) is 5.92 Å². The molecule has 3 rings (SSSR count). The van der Waals surface area contributed by atoms with Crippen molar-refractivity contribution in [3.05, 3.63) is 5.82 Å². The SMILES string of the molecule is C(SCC1CNC1)c1nnnn1C1CC1. The standard InChI is InChI=1S/C9H15N5S/c1-2-8(1)14-9(11-12-13-14)6-15-5-7-3-10-4-7/h7-8,10H,1-6H2. The van der Waals surface area contributed by atoms with Crippen molar-refractivity contribution < 1.29 is 0 Å². The fourth-order valence-electron chi connectivity index (χ4n) is 1.69. The van der Waals surface area contributed by atoms with Gasteiger partial charge in [-0.05, 0) is 48.0 Å². The summed E-state index contributed by atoms with van der Waals surface area (Å²) in [6, 6.07) is 0.598. The van der Waals surface area contributed by atoms with Crippen molar-refractivity contribution in [3.8, 4) is 0 Å². The first-order valence-electron chi connectivity index (χ1n) is 5.48. The lowest BCUT2D eigenvalue weighted by Gasteiger charge is -2.26. The number of tetrazole rings is 1. The van der Waals surface area contributed by atoms with E-state index in [0.29, 0.717) is 6.04 Å². The molecule has 0 spiro atoms. The van der Waals surface area contributed by atoms with Crippen LogP contribution in [0.1, 0.15) is 24.7 Å². The number of nitrogens with zero attached hydrogens (tertiary/aromatic N) is 4. The number of aromatic nitrogens is 4. The Balaban J connectivity index is 1.49. The van der Waals surface area contributed by atoms with E-state index in [0.717, 1.165) is 17.5 Å². The van der Waals surface area contributed by atoms with E-state index in [1.165, 1.54) is 31.7 Å². The van der Waals surface area contributed by atoms with Crippen LogP contribution in [0.3, 0.4) is 0 Å². The average molecular weight is 225 g/mol. The topological polar surface area (TPSA) is 55.6 Å². The third-order valence-electron chi connectivity index (χ3n) is 2.90. The number of hydrogen-bond donors (Lipinski definition) is 1.